The zero-order valence-electron chi connectivity index (χ0n) is 10.6. The van der Waals surface area contributed by atoms with Crippen LogP contribution in [0.1, 0.15) is 26.7 Å². The fourth-order valence-electron chi connectivity index (χ4n) is 1.15. The van der Waals surface area contributed by atoms with Gasteiger partial charge >= 0.3 is 0 Å². The number of primary amides is 1. The van der Waals surface area contributed by atoms with Crippen LogP contribution >= 0.6 is 0 Å². The fraction of sp³-hybridized carbons (Fsp3) is 0.909. The van der Waals surface area contributed by atoms with Gasteiger partial charge in [0, 0.05) is 13.2 Å². The van der Waals surface area contributed by atoms with E-state index >= 15 is 0 Å². The van der Waals surface area contributed by atoms with E-state index in [1.807, 2.05) is 0 Å². The Balaban J connectivity index is 3.23. The Bertz CT molecular complexity index is 200. The van der Waals surface area contributed by atoms with E-state index in [-0.39, 0.29) is 19.8 Å². The van der Waals surface area contributed by atoms with Crippen molar-refractivity contribution >= 4 is 5.91 Å². The van der Waals surface area contributed by atoms with Crippen LogP contribution in [-0.4, -0.2) is 43.5 Å². The minimum absolute atomic E-state index is 0.206. The molecule has 1 amide bonds. The summed E-state index contributed by atoms with van der Waals surface area (Å²) in [4.78, 5) is 15.0. The first-order chi connectivity index (χ1) is 8.02. The van der Waals surface area contributed by atoms with Crippen molar-refractivity contribution in [3.63, 3.8) is 0 Å². The number of nitrogens with two attached hydrogens (primary N) is 1. The molecule has 1 unspecified atom stereocenters. The van der Waals surface area contributed by atoms with Crippen LogP contribution in [-0.2, 0) is 14.4 Å². The van der Waals surface area contributed by atoms with Crippen LogP contribution in [0.5, 0.6) is 0 Å². The van der Waals surface area contributed by atoms with E-state index in [2.05, 4.69) is 24.2 Å². The second-order valence-corrected chi connectivity index (χ2v) is 4.37. The van der Waals surface area contributed by atoms with Crippen LogP contribution in [0.15, 0.2) is 0 Å². The molecule has 0 bridgehead atoms. The third-order valence-corrected chi connectivity index (χ3v) is 2.02. The van der Waals surface area contributed by atoms with E-state index in [9.17, 15) is 9.90 Å². The number of ether oxygens (including phenoxy) is 1. The molecule has 6 heteroatoms. The molecule has 0 saturated heterocycles. The molecule has 0 saturated carbocycles. The highest BCUT2D eigenvalue weighted by molar-refractivity contribution is 5.74. The van der Waals surface area contributed by atoms with Gasteiger partial charge in [0.1, 0.15) is 6.61 Å². The number of nitrogens with one attached hydrogen (secondary N) is 1. The van der Waals surface area contributed by atoms with Gasteiger partial charge in [-0.2, -0.15) is 5.48 Å². The van der Waals surface area contributed by atoms with Crippen molar-refractivity contribution in [2.45, 2.75) is 32.8 Å². The minimum Gasteiger partial charge on any atom is -0.389 e. The molecule has 1 atom stereocenters. The van der Waals surface area contributed by atoms with Crippen LogP contribution in [0.25, 0.3) is 0 Å². The zero-order valence-corrected chi connectivity index (χ0v) is 10.6. The number of hydroxylamine groups is 1. The number of hydrogen-bond donors (Lipinski definition) is 3. The first-order valence-corrected chi connectivity index (χ1v) is 5.91. The highest BCUT2D eigenvalue weighted by Crippen LogP contribution is 2.03. The normalized spacial score (nSPS) is 12.9. The van der Waals surface area contributed by atoms with E-state index in [0.29, 0.717) is 12.5 Å². The summed E-state index contributed by atoms with van der Waals surface area (Å²) in [6.07, 6.45) is 1.47. The molecule has 102 valence electrons. The van der Waals surface area contributed by atoms with E-state index in [1.165, 1.54) is 0 Å². The monoisotopic (exact) mass is 248 g/mol. The van der Waals surface area contributed by atoms with Crippen molar-refractivity contribution in [2.24, 2.45) is 11.7 Å². The van der Waals surface area contributed by atoms with Gasteiger partial charge in [0.15, 0.2) is 0 Å². The summed E-state index contributed by atoms with van der Waals surface area (Å²) in [5.74, 6) is 0.115. The molecule has 0 radical (unpaired) electrons. The molecule has 0 spiro atoms. The quantitative estimate of drug-likeness (QED) is 0.348. The lowest BCUT2D eigenvalue weighted by Crippen LogP contribution is -2.33. The van der Waals surface area contributed by atoms with Crippen LogP contribution in [0.4, 0.5) is 0 Å². The first-order valence-electron chi connectivity index (χ1n) is 5.91. The van der Waals surface area contributed by atoms with Crippen LogP contribution in [0, 0.1) is 5.92 Å². The van der Waals surface area contributed by atoms with Gasteiger partial charge in [0.05, 0.1) is 12.7 Å². The first kappa shape index (κ1) is 16.3. The van der Waals surface area contributed by atoms with Gasteiger partial charge in [0.2, 0.25) is 5.91 Å². The van der Waals surface area contributed by atoms with Crippen molar-refractivity contribution in [2.75, 3.05) is 26.4 Å². The third kappa shape index (κ3) is 13.2. The van der Waals surface area contributed by atoms with Crippen molar-refractivity contribution in [1.82, 2.24) is 5.48 Å². The summed E-state index contributed by atoms with van der Waals surface area (Å²) in [6, 6.07) is 0. The molecule has 0 fully saturated rings. The number of carbonyl (C=O) groups is 1. The summed E-state index contributed by atoms with van der Waals surface area (Å²) in [5, 5.41) is 9.44. The Labute approximate surface area is 102 Å². The van der Waals surface area contributed by atoms with E-state index in [4.69, 9.17) is 10.5 Å². The Hall–Kier alpha value is -0.690. The van der Waals surface area contributed by atoms with Gasteiger partial charge in [-0.05, 0) is 18.8 Å². The molecule has 0 heterocycles. The molecule has 0 rings (SSSR count). The maximum Gasteiger partial charge on any atom is 0.245 e. The van der Waals surface area contributed by atoms with Crippen LogP contribution < -0.4 is 11.2 Å². The fourth-order valence-corrected chi connectivity index (χ4v) is 1.15. The number of aliphatic hydroxyl groups is 1. The Kier molecular flexibility index (Phi) is 10.0. The average Bonchev–Trinajstić information content (AvgIpc) is 2.23. The maximum absolute atomic E-state index is 10.3. The number of rotatable bonds is 11. The smallest absolute Gasteiger partial charge is 0.245 e. The van der Waals surface area contributed by atoms with E-state index in [1.54, 1.807) is 0 Å². The minimum atomic E-state index is -0.651. The summed E-state index contributed by atoms with van der Waals surface area (Å²) in [6.45, 7) is 5.23. The number of hydrogen-bond acceptors (Lipinski definition) is 5. The molecule has 6 nitrogen and oxygen atoms in total. The second kappa shape index (κ2) is 10.5. The average molecular weight is 248 g/mol. The molecule has 0 aliphatic rings. The van der Waals surface area contributed by atoms with Gasteiger partial charge < -0.3 is 15.6 Å². The number of amides is 1. The standard InChI is InChI=1S/C11H24N2O4/c1-9(2)4-3-5-16-7-10(14)6-13-17-8-11(12)15/h9-10,13-14H,3-8H2,1-2H3,(H2,12,15). The highest BCUT2D eigenvalue weighted by atomic mass is 16.6. The van der Waals surface area contributed by atoms with Crippen molar-refractivity contribution < 1.29 is 19.5 Å². The lowest BCUT2D eigenvalue weighted by Gasteiger charge is -2.12. The second-order valence-electron chi connectivity index (χ2n) is 4.37. The van der Waals surface area contributed by atoms with Gasteiger partial charge in [-0.25, -0.2) is 0 Å². The Morgan fingerprint density at radius 2 is 2.18 bits per heavy atom. The molecular weight excluding hydrogens is 224 g/mol. The molecule has 0 aromatic rings. The molecule has 17 heavy (non-hydrogen) atoms. The molecular formula is C11H24N2O4. The van der Waals surface area contributed by atoms with Crippen LogP contribution in [0.2, 0.25) is 0 Å². The van der Waals surface area contributed by atoms with Gasteiger partial charge in [-0.3, -0.25) is 9.63 Å². The van der Waals surface area contributed by atoms with Crippen molar-refractivity contribution in [1.29, 1.82) is 0 Å². The van der Waals surface area contributed by atoms with Gasteiger partial charge in [-0.1, -0.05) is 13.8 Å². The number of aliphatic hydroxyl groups excluding tert-OH is 1. The van der Waals surface area contributed by atoms with Gasteiger partial charge in [-0.15, -0.1) is 0 Å². The SMILES string of the molecule is CC(C)CCCOCC(O)CNOCC(N)=O. The predicted octanol–water partition coefficient (Wildman–Crippen LogP) is -0.193. The molecule has 0 aliphatic carbocycles. The third-order valence-electron chi connectivity index (χ3n) is 2.02. The summed E-state index contributed by atoms with van der Waals surface area (Å²) < 4.78 is 5.29. The van der Waals surface area contributed by atoms with E-state index < -0.39 is 12.0 Å². The predicted molar refractivity (Wildman–Crippen MR) is 64.0 cm³/mol. The Morgan fingerprint density at radius 3 is 2.76 bits per heavy atom. The maximum atomic E-state index is 10.3. The molecule has 0 aromatic carbocycles. The highest BCUT2D eigenvalue weighted by Gasteiger charge is 2.04. The molecule has 4 N–H and O–H groups in total. The van der Waals surface area contributed by atoms with E-state index in [0.717, 1.165) is 12.8 Å². The molecule has 0 aromatic heterocycles. The zero-order chi connectivity index (χ0) is 13.1. The topological polar surface area (TPSA) is 93.8 Å². The summed E-state index contributed by atoms with van der Waals surface area (Å²) in [7, 11) is 0. The van der Waals surface area contributed by atoms with Gasteiger partial charge in [0.25, 0.3) is 0 Å². The van der Waals surface area contributed by atoms with Crippen molar-refractivity contribution in [3.05, 3.63) is 0 Å². The van der Waals surface area contributed by atoms with Crippen molar-refractivity contribution in [3.8, 4) is 0 Å². The van der Waals surface area contributed by atoms with Crippen LogP contribution in [0.3, 0.4) is 0 Å². The lowest BCUT2D eigenvalue weighted by molar-refractivity contribution is -0.126. The number of carbonyl (C=O) groups excluding carboxylic acids is 1. The Morgan fingerprint density at radius 1 is 1.47 bits per heavy atom. The summed E-state index contributed by atoms with van der Waals surface area (Å²) in [5.41, 5.74) is 7.30. The summed E-state index contributed by atoms with van der Waals surface area (Å²) >= 11 is 0. The lowest BCUT2D eigenvalue weighted by atomic mass is 10.1. The largest absolute Gasteiger partial charge is 0.389 e. The molecule has 0 aliphatic heterocycles.